The lowest BCUT2D eigenvalue weighted by molar-refractivity contribution is 0.783. The van der Waals surface area contributed by atoms with Gasteiger partial charge in [0.2, 0.25) is 5.95 Å². The molecule has 7 heteroatoms. The van der Waals surface area contributed by atoms with Crippen LogP contribution < -0.4 is 10.6 Å². The van der Waals surface area contributed by atoms with Crippen molar-refractivity contribution in [1.82, 2.24) is 19.7 Å². The predicted octanol–water partition coefficient (Wildman–Crippen LogP) is 4.28. The van der Waals surface area contributed by atoms with Gasteiger partial charge in [0.15, 0.2) is 5.65 Å². The van der Waals surface area contributed by atoms with E-state index in [9.17, 15) is 0 Å². The van der Waals surface area contributed by atoms with E-state index in [4.69, 9.17) is 11.6 Å². The number of hydrogen-bond acceptors (Lipinski definition) is 5. The van der Waals surface area contributed by atoms with Gasteiger partial charge < -0.3 is 10.6 Å². The first-order valence-corrected chi connectivity index (χ1v) is 8.43. The molecule has 1 aromatic carbocycles. The van der Waals surface area contributed by atoms with Gasteiger partial charge in [-0.2, -0.15) is 15.1 Å². The smallest absolute Gasteiger partial charge is 0.226 e. The summed E-state index contributed by atoms with van der Waals surface area (Å²) in [6.07, 6.45) is 3.97. The minimum Gasteiger partial charge on any atom is -0.354 e. The molecule has 2 aromatic heterocycles. The third kappa shape index (κ3) is 3.43. The van der Waals surface area contributed by atoms with Crippen molar-refractivity contribution >= 4 is 40.1 Å². The molecular weight excluding hydrogens is 324 g/mol. The molecule has 0 fully saturated rings. The van der Waals surface area contributed by atoms with Crippen molar-refractivity contribution in [3.8, 4) is 0 Å². The summed E-state index contributed by atoms with van der Waals surface area (Å²) in [5.41, 5.74) is 2.81. The van der Waals surface area contributed by atoms with Crippen molar-refractivity contribution in [3.63, 3.8) is 0 Å². The maximum Gasteiger partial charge on any atom is 0.226 e. The van der Waals surface area contributed by atoms with Crippen molar-refractivity contribution < 1.29 is 0 Å². The van der Waals surface area contributed by atoms with Gasteiger partial charge in [0.05, 0.1) is 11.6 Å². The molecule has 0 bridgehead atoms. The Labute approximate surface area is 146 Å². The minimum absolute atomic E-state index is 0.605. The van der Waals surface area contributed by atoms with E-state index in [0.717, 1.165) is 47.5 Å². The number of aryl methyl sites for hydroxylation is 2. The van der Waals surface area contributed by atoms with E-state index in [0.29, 0.717) is 11.0 Å². The van der Waals surface area contributed by atoms with Crippen LogP contribution in [0.2, 0.25) is 5.02 Å². The fourth-order valence-corrected chi connectivity index (χ4v) is 2.70. The van der Waals surface area contributed by atoms with Gasteiger partial charge in [-0.05, 0) is 37.1 Å². The monoisotopic (exact) mass is 344 g/mol. The molecular formula is C17H21ClN6. The Kier molecular flexibility index (Phi) is 4.85. The summed E-state index contributed by atoms with van der Waals surface area (Å²) < 4.78 is 1.75. The van der Waals surface area contributed by atoms with E-state index in [-0.39, 0.29) is 0 Å². The van der Waals surface area contributed by atoms with Gasteiger partial charge in [-0.25, -0.2) is 0 Å². The average Bonchev–Trinajstić information content (AvgIpc) is 2.92. The van der Waals surface area contributed by atoms with Crippen molar-refractivity contribution in [1.29, 1.82) is 0 Å². The molecule has 3 aromatic rings. The standard InChI is InChI=1S/C17H21ClN6/c1-4-5-8-19-17-22-15(13-10-20-24(3)16(13)23-17)21-14-7-6-12(18)9-11(14)2/h6-7,9-10H,4-5,8H2,1-3H3,(H2,19,21,22,23). The number of benzene rings is 1. The van der Waals surface area contributed by atoms with Crippen LogP contribution in [0.15, 0.2) is 24.4 Å². The summed E-state index contributed by atoms with van der Waals surface area (Å²) in [5.74, 6) is 1.34. The molecule has 0 atom stereocenters. The third-order valence-corrected chi connectivity index (χ3v) is 4.08. The van der Waals surface area contributed by atoms with Gasteiger partial charge in [-0.1, -0.05) is 24.9 Å². The Bertz CT molecular complexity index is 858. The highest BCUT2D eigenvalue weighted by atomic mass is 35.5. The molecule has 0 aliphatic heterocycles. The molecule has 3 rings (SSSR count). The Morgan fingerprint density at radius 2 is 2.08 bits per heavy atom. The summed E-state index contributed by atoms with van der Waals surface area (Å²) in [6.45, 7) is 5.01. The summed E-state index contributed by atoms with van der Waals surface area (Å²) in [4.78, 5) is 9.19. The SMILES string of the molecule is CCCCNc1nc(Nc2ccc(Cl)cc2C)c2cnn(C)c2n1. The first-order chi connectivity index (χ1) is 11.6. The second-order valence-corrected chi connectivity index (χ2v) is 6.20. The summed E-state index contributed by atoms with van der Waals surface area (Å²) in [6, 6.07) is 5.73. The molecule has 0 aliphatic carbocycles. The Morgan fingerprint density at radius 1 is 1.25 bits per heavy atom. The number of nitrogens with one attached hydrogen (secondary N) is 2. The highest BCUT2D eigenvalue weighted by molar-refractivity contribution is 6.30. The number of fused-ring (bicyclic) bond motifs is 1. The Morgan fingerprint density at radius 3 is 2.83 bits per heavy atom. The number of unbranched alkanes of at least 4 members (excludes halogenated alkanes) is 1. The first kappa shape index (κ1) is 16.5. The van der Waals surface area contributed by atoms with Crippen molar-refractivity contribution in [2.75, 3.05) is 17.2 Å². The molecule has 0 aliphatic rings. The van der Waals surface area contributed by atoms with Crippen LogP contribution in [-0.4, -0.2) is 26.3 Å². The molecule has 0 spiro atoms. The van der Waals surface area contributed by atoms with E-state index in [2.05, 4.69) is 32.6 Å². The summed E-state index contributed by atoms with van der Waals surface area (Å²) in [7, 11) is 1.88. The van der Waals surface area contributed by atoms with Crippen molar-refractivity contribution in [2.45, 2.75) is 26.7 Å². The van der Waals surface area contributed by atoms with Crippen LogP contribution in [0, 0.1) is 6.92 Å². The first-order valence-electron chi connectivity index (χ1n) is 8.05. The largest absolute Gasteiger partial charge is 0.354 e. The quantitative estimate of drug-likeness (QED) is 0.653. The third-order valence-electron chi connectivity index (χ3n) is 3.85. The van der Waals surface area contributed by atoms with E-state index in [1.807, 2.05) is 32.2 Å². The summed E-state index contributed by atoms with van der Waals surface area (Å²) >= 11 is 6.04. The number of anilines is 3. The second-order valence-electron chi connectivity index (χ2n) is 5.77. The van der Waals surface area contributed by atoms with Crippen LogP contribution in [0.4, 0.5) is 17.5 Å². The zero-order valence-electron chi connectivity index (χ0n) is 14.1. The normalized spacial score (nSPS) is 11.0. The number of nitrogens with zero attached hydrogens (tertiary/aromatic N) is 4. The molecule has 2 heterocycles. The Balaban J connectivity index is 1.98. The maximum absolute atomic E-state index is 6.04. The van der Waals surface area contributed by atoms with E-state index in [1.54, 1.807) is 10.9 Å². The van der Waals surface area contributed by atoms with Gasteiger partial charge in [-0.3, -0.25) is 4.68 Å². The fraction of sp³-hybridized carbons (Fsp3) is 0.353. The molecule has 2 N–H and O–H groups in total. The molecule has 0 radical (unpaired) electrons. The molecule has 24 heavy (non-hydrogen) atoms. The van der Waals surface area contributed by atoms with Crippen molar-refractivity contribution in [2.24, 2.45) is 7.05 Å². The zero-order chi connectivity index (χ0) is 17.1. The number of halogens is 1. The van der Waals surface area contributed by atoms with Crippen LogP contribution in [0.25, 0.3) is 11.0 Å². The molecule has 0 unspecified atom stereocenters. The van der Waals surface area contributed by atoms with E-state index >= 15 is 0 Å². The lowest BCUT2D eigenvalue weighted by atomic mass is 10.2. The van der Waals surface area contributed by atoms with E-state index in [1.165, 1.54) is 0 Å². The lowest BCUT2D eigenvalue weighted by Crippen LogP contribution is -2.08. The van der Waals surface area contributed by atoms with Crippen LogP contribution in [0.1, 0.15) is 25.3 Å². The maximum atomic E-state index is 6.04. The van der Waals surface area contributed by atoms with Crippen molar-refractivity contribution in [3.05, 3.63) is 35.0 Å². The van der Waals surface area contributed by atoms with Crippen LogP contribution in [0.5, 0.6) is 0 Å². The zero-order valence-corrected chi connectivity index (χ0v) is 14.9. The highest BCUT2D eigenvalue weighted by Gasteiger charge is 2.12. The van der Waals surface area contributed by atoms with Crippen LogP contribution >= 0.6 is 11.6 Å². The molecule has 0 saturated heterocycles. The predicted molar refractivity (Wildman–Crippen MR) is 99.2 cm³/mol. The van der Waals surface area contributed by atoms with Gasteiger partial charge in [0.1, 0.15) is 5.82 Å². The molecule has 6 nitrogen and oxygen atoms in total. The number of hydrogen-bond donors (Lipinski definition) is 2. The van der Waals surface area contributed by atoms with E-state index < -0.39 is 0 Å². The number of rotatable bonds is 6. The fourth-order valence-electron chi connectivity index (χ4n) is 2.47. The summed E-state index contributed by atoms with van der Waals surface area (Å²) in [5, 5.41) is 12.6. The highest BCUT2D eigenvalue weighted by Crippen LogP contribution is 2.27. The number of aromatic nitrogens is 4. The molecule has 0 saturated carbocycles. The van der Waals surface area contributed by atoms with Gasteiger partial charge in [0, 0.05) is 24.3 Å². The van der Waals surface area contributed by atoms with Crippen LogP contribution in [-0.2, 0) is 7.05 Å². The van der Waals surface area contributed by atoms with Gasteiger partial charge in [-0.15, -0.1) is 0 Å². The lowest BCUT2D eigenvalue weighted by Gasteiger charge is -2.12. The topological polar surface area (TPSA) is 67.7 Å². The van der Waals surface area contributed by atoms with Gasteiger partial charge >= 0.3 is 0 Å². The minimum atomic E-state index is 0.605. The average molecular weight is 345 g/mol. The van der Waals surface area contributed by atoms with Gasteiger partial charge in [0.25, 0.3) is 0 Å². The second kappa shape index (κ2) is 7.05. The molecule has 126 valence electrons. The Hall–Kier alpha value is -2.34. The van der Waals surface area contributed by atoms with Crippen LogP contribution in [0.3, 0.4) is 0 Å². The molecule has 0 amide bonds.